The lowest BCUT2D eigenvalue weighted by atomic mass is 9.85. The van der Waals surface area contributed by atoms with E-state index in [2.05, 4.69) is 20.8 Å². The van der Waals surface area contributed by atoms with Crippen LogP contribution in [0, 0.1) is 5.92 Å². The average molecular weight is 200 g/mol. The first-order chi connectivity index (χ1) is 6.47. The lowest BCUT2D eigenvalue weighted by Crippen LogP contribution is -2.23. The van der Waals surface area contributed by atoms with Gasteiger partial charge in [-0.25, -0.2) is 0 Å². The van der Waals surface area contributed by atoms with Gasteiger partial charge in [0.2, 0.25) is 0 Å². The average Bonchev–Trinajstić information content (AvgIpc) is 2.06. The van der Waals surface area contributed by atoms with E-state index in [9.17, 15) is 5.11 Å². The molecule has 0 heterocycles. The van der Waals surface area contributed by atoms with Gasteiger partial charge in [-0.2, -0.15) is 0 Å². The van der Waals surface area contributed by atoms with E-state index in [-0.39, 0.29) is 11.7 Å². The molecule has 0 aromatic rings. The van der Waals surface area contributed by atoms with E-state index in [0.29, 0.717) is 0 Å². The molecule has 0 amide bonds. The first-order valence-corrected chi connectivity index (χ1v) is 5.79. The van der Waals surface area contributed by atoms with Gasteiger partial charge in [-0.15, -0.1) is 0 Å². The Bertz CT molecular complexity index is 152. The van der Waals surface area contributed by atoms with Gasteiger partial charge in [-0.1, -0.05) is 0 Å². The molecule has 1 fully saturated rings. The molecule has 2 heteroatoms. The Hall–Kier alpha value is -0.0800. The van der Waals surface area contributed by atoms with Crippen LogP contribution in [0.1, 0.15) is 52.9 Å². The van der Waals surface area contributed by atoms with Crippen molar-refractivity contribution in [1.29, 1.82) is 0 Å². The predicted molar refractivity (Wildman–Crippen MR) is 58.3 cm³/mol. The molecule has 0 radical (unpaired) electrons. The minimum atomic E-state index is -0.0326. The molecule has 1 saturated carbocycles. The third-order valence-corrected chi connectivity index (χ3v) is 2.88. The second kappa shape index (κ2) is 5.13. The van der Waals surface area contributed by atoms with E-state index in [1.807, 2.05) is 0 Å². The van der Waals surface area contributed by atoms with E-state index in [1.165, 1.54) is 12.8 Å². The van der Waals surface area contributed by atoms with Crippen LogP contribution in [0.25, 0.3) is 0 Å². The van der Waals surface area contributed by atoms with Crippen LogP contribution in [-0.4, -0.2) is 23.4 Å². The van der Waals surface area contributed by atoms with Gasteiger partial charge in [0, 0.05) is 6.61 Å². The number of hydrogen-bond donors (Lipinski definition) is 1. The van der Waals surface area contributed by atoms with Crippen molar-refractivity contribution in [3.8, 4) is 0 Å². The fourth-order valence-corrected chi connectivity index (χ4v) is 1.97. The van der Waals surface area contributed by atoms with E-state index in [1.54, 1.807) is 0 Å². The summed E-state index contributed by atoms with van der Waals surface area (Å²) >= 11 is 0. The van der Waals surface area contributed by atoms with Crippen molar-refractivity contribution < 1.29 is 9.84 Å². The van der Waals surface area contributed by atoms with Crippen molar-refractivity contribution in [1.82, 2.24) is 0 Å². The largest absolute Gasteiger partial charge is 0.393 e. The van der Waals surface area contributed by atoms with Crippen LogP contribution in [0.15, 0.2) is 0 Å². The minimum absolute atomic E-state index is 0.00577. The van der Waals surface area contributed by atoms with Gasteiger partial charge in [0.15, 0.2) is 0 Å². The number of rotatable bonds is 3. The van der Waals surface area contributed by atoms with Crippen molar-refractivity contribution in [2.45, 2.75) is 64.6 Å². The molecular formula is C12H24O2. The summed E-state index contributed by atoms with van der Waals surface area (Å²) in [6, 6.07) is 0. The zero-order valence-electron chi connectivity index (χ0n) is 9.75. The highest BCUT2D eigenvalue weighted by Gasteiger charge is 2.19. The molecule has 0 saturated heterocycles. The van der Waals surface area contributed by atoms with Gasteiger partial charge in [0.25, 0.3) is 0 Å². The molecule has 0 spiro atoms. The number of hydrogen-bond acceptors (Lipinski definition) is 2. The first kappa shape index (κ1) is 12.0. The summed E-state index contributed by atoms with van der Waals surface area (Å²) < 4.78 is 5.70. The molecule has 0 bridgehead atoms. The molecule has 0 aromatic carbocycles. The van der Waals surface area contributed by atoms with Crippen molar-refractivity contribution in [3.63, 3.8) is 0 Å². The van der Waals surface area contributed by atoms with Crippen LogP contribution in [-0.2, 0) is 4.74 Å². The maximum Gasteiger partial charge on any atom is 0.0598 e. The van der Waals surface area contributed by atoms with Gasteiger partial charge in [-0.3, -0.25) is 0 Å². The molecule has 0 aliphatic heterocycles. The maximum atomic E-state index is 9.35. The topological polar surface area (TPSA) is 29.5 Å². The monoisotopic (exact) mass is 200 g/mol. The standard InChI is InChI=1S/C12H24O2/c1-12(2,3)14-9-8-10-4-6-11(13)7-5-10/h10-11,13H,4-9H2,1-3H3. The molecule has 2 nitrogen and oxygen atoms in total. The second-order valence-corrected chi connectivity index (χ2v) is 5.42. The predicted octanol–water partition coefficient (Wildman–Crippen LogP) is 2.74. The Morgan fingerprint density at radius 1 is 1.14 bits per heavy atom. The van der Waals surface area contributed by atoms with Crippen molar-refractivity contribution in [2.24, 2.45) is 5.92 Å². The van der Waals surface area contributed by atoms with Gasteiger partial charge in [0.05, 0.1) is 11.7 Å². The van der Waals surface area contributed by atoms with Gasteiger partial charge < -0.3 is 9.84 Å². The first-order valence-electron chi connectivity index (χ1n) is 5.79. The normalized spacial score (nSPS) is 29.1. The van der Waals surface area contributed by atoms with Gasteiger partial charge in [0.1, 0.15) is 0 Å². The third-order valence-electron chi connectivity index (χ3n) is 2.88. The molecule has 14 heavy (non-hydrogen) atoms. The van der Waals surface area contributed by atoms with Crippen molar-refractivity contribution in [2.75, 3.05) is 6.61 Å². The van der Waals surface area contributed by atoms with Crippen LogP contribution in [0.3, 0.4) is 0 Å². The quantitative estimate of drug-likeness (QED) is 0.759. The molecule has 0 atom stereocenters. The summed E-state index contributed by atoms with van der Waals surface area (Å²) in [4.78, 5) is 0. The van der Waals surface area contributed by atoms with Crippen LogP contribution in [0.5, 0.6) is 0 Å². The Morgan fingerprint density at radius 2 is 1.71 bits per heavy atom. The zero-order chi connectivity index (χ0) is 10.6. The van der Waals surface area contributed by atoms with E-state index in [0.717, 1.165) is 31.8 Å². The molecule has 0 unspecified atom stereocenters. The van der Waals surface area contributed by atoms with E-state index < -0.39 is 0 Å². The summed E-state index contributed by atoms with van der Waals surface area (Å²) in [5, 5.41) is 9.35. The smallest absolute Gasteiger partial charge is 0.0598 e. The molecular weight excluding hydrogens is 176 g/mol. The SMILES string of the molecule is CC(C)(C)OCCC1CCC(O)CC1. The fourth-order valence-electron chi connectivity index (χ4n) is 1.97. The zero-order valence-corrected chi connectivity index (χ0v) is 9.75. The molecule has 0 aromatic heterocycles. The van der Waals surface area contributed by atoms with E-state index >= 15 is 0 Å². The number of aliphatic hydroxyl groups is 1. The summed E-state index contributed by atoms with van der Waals surface area (Å²) in [6.07, 6.45) is 5.45. The Kier molecular flexibility index (Phi) is 4.39. The Morgan fingerprint density at radius 3 is 2.21 bits per heavy atom. The summed E-state index contributed by atoms with van der Waals surface area (Å²) in [5.74, 6) is 0.778. The number of ether oxygens (including phenoxy) is 1. The summed E-state index contributed by atoms with van der Waals surface area (Å²) in [6.45, 7) is 7.15. The molecule has 1 N–H and O–H groups in total. The minimum Gasteiger partial charge on any atom is -0.393 e. The third kappa shape index (κ3) is 4.97. The fraction of sp³-hybridized carbons (Fsp3) is 1.00. The van der Waals surface area contributed by atoms with Gasteiger partial charge in [-0.05, 0) is 58.8 Å². The molecule has 84 valence electrons. The van der Waals surface area contributed by atoms with Crippen LogP contribution in [0.4, 0.5) is 0 Å². The highest BCUT2D eigenvalue weighted by molar-refractivity contribution is 4.71. The van der Waals surface area contributed by atoms with Crippen molar-refractivity contribution in [3.05, 3.63) is 0 Å². The van der Waals surface area contributed by atoms with Crippen LogP contribution in [0.2, 0.25) is 0 Å². The van der Waals surface area contributed by atoms with Crippen molar-refractivity contribution >= 4 is 0 Å². The highest BCUT2D eigenvalue weighted by atomic mass is 16.5. The lowest BCUT2D eigenvalue weighted by Gasteiger charge is -2.27. The summed E-state index contributed by atoms with van der Waals surface area (Å²) in [5.41, 5.74) is -0.00577. The Labute approximate surface area is 87.7 Å². The maximum absolute atomic E-state index is 9.35. The molecule has 1 aliphatic rings. The lowest BCUT2D eigenvalue weighted by molar-refractivity contribution is -0.0137. The molecule has 1 aliphatic carbocycles. The van der Waals surface area contributed by atoms with Crippen LogP contribution >= 0.6 is 0 Å². The van der Waals surface area contributed by atoms with Gasteiger partial charge >= 0.3 is 0 Å². The number of aliphatic hydroxyl groups excluding tert-OH is 1. The Balaban J connectivity index is 2.08. The van der Waals surface area contributed by atoms with E-state index in [4.69, 9.17) is 4.74 Å². The summed E-state index contributed by atoms with van der Waals surface area (Å²) in [7, 11) is 0. The molecule has 1 rings (SSSR count). The second-order valence-electron chi connectivity index (χ2n) is 5.42. The van der Waals surface area contributed by atoms with Crippen LogP contribution < -0.4 is 0 Å². The highest BCUT2D eigenvalue weighted by Crippen LogP contribution is 2.27.